The predicted octanol–water partition coefficient (Wildman–Crippen LogP) is 1.96. The molecular weight excluding hydrogens is 202 g/mol. The van der Waals surface area contributed by atoms with E-state index in [1.807, 2.05) is 12.1 Å². The lowest BCUT2D eigenvalue weighted by atomic mass is 10.1. The summed E-state index contributed by atoms with van der Waals surface area (Å²) in [5.74, 6) is 0.916. The molecule has 3 nitrogen and oxygen atoms in total. The number of ether oxygens (including phenoxy) is 2. The van der Waals surface area contributed by atoms with Crippen LogP contribution in [-0.2, 0) is 11.3 Å². The highest BCUT2D eigenvalue weighted by Crippen LogP contribution is 2.13. The van der Waals surface area contributed by atoms with Gasteiger partial charge < -0.3 is 14.8 Å². The monoisotopic (exact) mass is 221 g/mol. The molecule has 0 aromatic heterocycles. The molecule has 0 aliphatic carbocycles. The predicted molar refractivity (Wildman–Crippen MR) is 63.7 cm³/mol. The average molecular weight is 221 g/mol. The Morgan fingerprint density at radius 2 is 2.44 bits per heavy atom. The molecule has 1 unspecified atom stereocenters. The van der Waals surface area contributed by atoms with Crippen LogP contribution in [0.4, 0.5) is 0 Å². The van der Waals surface area contributed by atoms with E-state index in [2.05, 4.69) is 17.4 Å². The van der Waals surface area contributed by atoms with Gasteiger partial charge in [0.05, 0.1) is 13.7 Å². The third-order valence-electron chi connectivity index (χ3n) is 2.89. The van der Waals surface area contributed by atoms with E-state index in [0.29, 0.717) is 6.04 Å². The van der Waals surface area contributed by atoms with Crippen molar-refractivity contribution < 1.29 is 9.47 Å². The minimum atomic E-state index is 0.500. The van der Waals surface area contributed by atoms with Gasteiger partial charge in [0.15, 0.2) is 0 Å². The zero-order chi connectivity index (χ0) is 11.2. The molecule has 1 aliphatic rings. The van der Waals surface area contributed by atoms with Crippen LogP contribution in [0.3, 0.4) is 0 Å². The lowest BCUT2D eigenvalue weighted by Gasteiger charge is -2.23. The van der Waals surface area contributed by atoms with Crippen LogP contribution >= 0.6 is 0 Å². The number of benzene rings is 1. The fourth-order valence-electron chi connectivity index (χ4n) is 1.95. The number of hydrogen-bond donors (Lipinski definition) is 1. The van der Waals surface area contributed by atoms with Crippen LogP contribution in [0.15, 0.2) is 24.3 Å². The first kappa shape index (κ1) is 11.4. The molecule has 2 rings (SSSR count). The molecule has 16 heavy (non-hydrogen) atoms. The van der Waals surface area contributed by atoms with Crippen molar-refractivity contribution in [3.05, 3.63) is 29.8 Å². The molecule has 0 saturated carbocycles. The van der Waals surface area contributed by atoms with Gasteiger partial charge >= 0.3 is 0 Å². The Morgan fingerprint density at radius 1 is 1.50 bits per heavy atom. The van der Waals surface area contributed by atoms with E-state index in [1.54, 1.807) is 7.11 Å². The summed E-state index contributed by atoms with van der Waals surface area (Å²) in [6.45, 7) is 2.63. The lowest BCUT2D eigenvalue weighted by Crippen LogP contribution is -2.36. The maximum absolute atomic E-state index is 5.43. The van der Waals surface area contributed by atoms with Gasteiger partial charge in [0, 0.05) is 19.2 Å². The number of hydrogen-bond acceptors (Lipinski definition) is 3. The minimum absolute atomic E-state index is 0.500. The second-order valence-corrected chi connectivity index (χ2v) is 4.15. The topological polar surface area (TPSA) is 30.5 Å². The molecule has 1 aliphatic heterocycles. The first-order chi connectivity index (χ1) is 7.88. The second kappa shape index (κ2) is 5.87. The Morgan fingerprint density at radius 3 is 3.19 bits per heavy atom. The molecule has 1 aromatic rings. The quantitative estimate of drug-likeness (QED) is 0.843. The van der Waals surface area contributed by atoms with Crippen LogP contribution in [0, 0.1) is 0 Å². The van der Waals surface area contributed by atoms with Gasteiger partial charge in [-0.3, -0.25) is 0 Å². The van der Waals surface area contributed by atoms with Crippen LogP contribution in [0.1, 0.15) is 18.4 Å². The molecule has 1 atom stereocenters. The molecule has 1 saturated heterocycles. The van der Waals surface area contributed by atoms with E-state index in [9.17, 15) is 0 Å². The molecule has 0 radical (unpaired) electrons. The summed E-state index contributed by atoms with van der Waals surface area (Å²) in [6.07, 6.45) is 2.37. The zero-order valence-electron chi connectivity index (χ0n) is 9.74. The highest BCUT2D eigenvalue weighted by molar-refractivity contribution is 5.28. The molecule has 1 fully saturated rings. The molecule has 3 heteroatoms. The summed E-state index contributed by atoms with van der Waals surface area (Å²) in [6, 6.07) is 8.66. The summed E-state index contributed by atoms with van der Waals surface area (Å²) in [5.41, 5.74) is 1.25. The molecule has 1 N–H and O–H groups in total. The van der Waals surface area contributed by atoms with Crippen molar-refractivity contribution in [3.63, 3.8) is 0 Å². The Bertz CT molecular complexity index is 321. The average Bonchev–Trinajstić information content (AvgIpc) is 2.38. The minimum Gasteiger partial charge on any atom is -0.497 e. The zero-order valence-corrected chi connectivity index (χ0v) is 9.74. The van der Waals surface area contributed by atoms with Gasteiger partial charge in [-0.2, -0.15) is 0 Å². The van der Waals surface area contributed by atoms with E-state index in [1.165, 1.54) is 12.0 Å². The molecule has 0 amide bonds. The summed E-state index contributed by atoms with van der Waals surface area (Å²) < 4.78 is 10.6. The van der Waals surface area contributed by atoms with Gasteiger partial charge in [0.25, 0.3) is 0 Å². The maximum atomic E-state index is 5.43. The van der Waals surface area contributed by atoms with Crippen molar-refractivity contribution in [1.29, 1.82) is 0 Å². The van der Waals surface area contributed by atoms with Crippen molar-refractivity contribution in [3.8, 4) is 5.75 Å². The fourth-order valence-corrected chi connectivity index (χ4v) is 1.95. The number of rotatable bonds is 4. The van der Waals surface area contributed by atoms with Crippen molar-refractivity contribution in [2.75, 3.05) is 20.3 Å². The van der Waals surface area contributed by atoms with E-state index < -0.39 is 0 Å². The summed E-state index contributed by atoms with van der Waals surface area (Å²) >= 11 is 0. The number of methoxy groups -OCH3 is 1. The van der Waals surface area contributed by atoms with E-state index in [0.717, 1.165) is 31.9 Å². The van der Waals surface area contributed by atoms with E-state index in [-0.39, 0.29) is 0 Å². The molecular formula is C13H19NO2. The van der Waals surface area contributed by atoms with Gasteiger partial charge in [-0.15, -0.1) is 0 Å². The van der Waals surface area contributed by atoms with Gasteiger partial charge in [-0.05, 0) is 30.5 Å². The van der Waals surface area contributed by atoms with Crippen molar-refractivity contribution >= 4 is 0 Å². The Hall–Kier alpha value is -1.06. The Labute approximate surface area is 96.8 Å². The van der Waals surface area contributed by atoms with Gasteiger partial charge in [-0.1, -0.05) is 12.1 Å². The standard InChI is InChI=1S/C13H19NO2/c1-15-13-6-2-4-11(8-13)9-14-12-5-3-7-16-10-12/h2,4,6,8,12,14H,3,5,7,9-10H2,1H3. The van der Waals surface area contributed by atoms with Crippen molar-refractivity contribution in [2.24, 2.45) is 0 Å². The highest BCUT2D eigenvalue weighted by Gasteiger charge is 2.12. The largest absolute Gasteiger partial charge is 0.497 e. The molecule has 88 valence electrons. The third kappa shape index (κ3) is 3.22. The van der Waals surface area contributed by atoms with Gasteiger partial charge in [0.2, 0.25) is 0 Å². The van der Waals surface area contributed by atoms with E-state index in [4.69, 9.17) is 9.47 Å². The molecule has 1 aromatic carbocycles. The van der Waals surface area contributed by atoms with Crippen LogP contribution in [0.5, 0.6) is 5.75 Å². The molecule has 0 spiro atoms. The second-order valence-electron chi connectivity index (χ2n) is 4.15. The van der Waals surface area contributed by atoms with Crippen LogP contribution in [0.2, 0.25) is 0 Å². The van der Waals surface area contributed by atoms with Crippen molar-refractivity contribution in [2.45, 2.75) is 25.4 Å². The molecule has 1 heterocycles. The first-order valence-electron chi connectivity index (χ1n) is 5.82. The smallest absolute Gasteiger partial charge is 0.119 e. The summed E-state index contributed by atoms with van der Waals surface area (Å²) in [4.78, 5) is 0. The SMILES string of the molecule is COc1cccc(CNC2CCCOC2)c1. The van der Waals surface area contributed by atoms with Gasteiger partial charge in [-0.25, -0.2) is 0 Å². The van der Waals surface area contributed by atoms with Gasteiger partial charge in [0.1, 0.15) is 5.75 Å². The normalized spacial score (nSPS) is 20.7. The van der Waals surface area contributed by atoms with Crippen LogP contribution in [0.25, 0.3) is 0 Å². The Balaban J connectivity index is 1.83. The van der Waals surface area contributed by atoms with E-state index >= 15 is 0 Å². The first-order valence-corrected chi connectivity index (χ1v) is 5.82. The van der Waals surface area contributed by atoms with Crippen molar-refractivity contribution in [1.82, 2.24) is 5.32 Å². The maximum Gasteiger partial charge on any atom is 0.119 e. The number of nitrogens with one attached hydrogen (secondary N) is 1. The summed E-state index contributed by atoms with van der Waals surface area (Å²) in [5, 5.41) is 3.51. The van der Waals surface area contributed by atoms with Crippen LogP contribution in [-0.4, -0.2) is 26.4 Å². The van der Waals surface area contributed by atoms with Crippen LogP contribution < -0.4 is 10.1 Å². The lowest BCUT2D eigenvalue weighted by molar-refractivity contribution is 0.0699. The third-order valence-corrected chi connectivity index (χ3v) is 2.89. The fraction of sp³-hybridized carbons (Fsp3) is 0.538. The molecule has 0 bridgehead atoms. The Kier molecular flexibility index (Phi) is 4.19. The highest BCUT2D eigenvalue weighted by atomic mass is 16.5. The summed E-state index contributed by atoms with van der Waals surface area (Å²) in [7, 11) is 1.70.